The number of rotatable bonds is 3. The van der Waals surface area contributed by atoms with Crippen molar-refractivity contribution in [2.45, 2.75) is 13.3 Å². The van der Waals surface area contributed by atoms with Crippen molar-refractivity contribution in [3.05, 3.63) is 52.0 Å². The first kappa shape index (κ1) is 16.7. The Morgan fingerprint density at radius 1 is 1.12 bits per heavy atom. The van der Waals surface area contributed by atoms with E-state index in [1.165, 1.54) is 7.11 Å². The Morgan fingerprint density at radius 3 is 2.54 bits per heavy atom. The molecule has 0 aliphatic heterocycles. The normalized spacial score (nSPS) is 11.3. The number of alkyl halides is 2. The van der Waals surface area contributed by atoms with Gasteiger partial charge < -0.3 is 4.74 Å². The number of benzene rings is 2. The average Bonchev–Trinajstić information content (AvgIpc) is 2.53. The zero-order valence-electron chi connectivity index (χ0n) is 12.8. The highest BCUT2D eigenvalue weighted by Gasteiger charge is 2.20. The number of aryl methyl sites for hydroxylation is 1. The fourth-order valence-corrected chi connectivity index (χ4v) is 2.86. The number of methoxy groups -OCH3 is 1. The minimum absolute atomic E-state index is 0.133. The standard InChI is InChI=1S/C17H12BrF3N2O/c1-8-22-14-5-9(18)3-4-10(14)16(23-8)12-6-13(19)11(17(20)21)7-15(12)24-2/h3-7,17H,1-2H3. The second-order valence-corrected chi connectivity index (χ2v) is 6.07. The molecule has 7 heteroatoms. The van der Waals surface area contributed by atoms with Gasteiger partial charge in [-0.15, -0.1) is 0 Å². The van der Waals surface area contributed by atoms with Gasteiger partial charge in [-0.1, -0.05) is 15.9 Å². The van der Waals surface area contributed by atoms with E-state index in [1.807, 2.05) is 6.07 Å². The highest BCUT2D eigenvalue weighted by Crippen LogP contribution is 2.37. The van der Waals surface area contributed by atoms with Crippen LogP contribution in [0.2, 0.25) is 0 Å². The number of hydrogen-bond acceptors (Lipinski definition) is 3. The monoisotopic (exact) mass is 396 g/mol. The van der Waals surface area contributed by atoms with Gasteiger partial charge in [0.15, 0.2) is 0 Å². The van der Waals surface area contributed by atoms with E-state index in [0.717, 1.165) is 16.6 Å². The molecular weight excluding hydrogens is 385 g/mol. The summed E-state index contributed by atoms with van der Waals surface area (Å²) in [5.74, 6) is -0.382. The van der Waals surface area contributed by atoms with Crippen molar-refractivity contribution in [2.24, 2.45) is 0 Å². The van der Waals surface area contributed by atoms with Crippen LogP contribution in [0.15, 0.2) is 34.8 Å². The molecule has 3 rings (SSSR count). The number of aromatic nitrogens is 2. The number of halogens is 4. The van der Waals surface area contributed by atoms with Gasteiger partial charge in [0.05, 0.1) is 23.9 Å². The third-order valence-electron chi connectivity index (χ3n) is 3.58. The topological polar surface area (TPSA) is 35.0 Å². The molecule has 1 heterocycles. The van der Waals surface area contributed by atoms with Crippen molar-refractivity contribution in [3.63, 3.8) is 0 Å². The highest BCUT2D eigenvalue weighted by molar-refractivity contribution is 9.10. The van der Waals surface area contributed by atoms with Gasteiger partial charge in [0.25, 0.3) is 6.43 Å². The molecular formula is C17H12BrF3N2O. The second-order valence-electron chi connectivity index (χ2n) is 5.16. The number of ether oxygens (including phenoxy) is 1. The van der Waals surface area contributed by atoms with E-state index in [4.69, 9.17) is 4.74 Å². The fourth-order valence-electron chi connectivity index (χ4n) is 2.51. The van der Waals surface area contributed by atoms with E-state index in [1.54, 1.807) is 19.1 Å². The van der Waals surface area contributed by atoms with Crippen LogP contribution in [0.25, 0.3) is 22.2 Å². The minimum Gasteiger partial charge on any atom is -0.496 e. The molecule has 0 aliphatic rings. The maximum atomic E-state index is 14.1. The molecule has 0 fully saturated rings. The quantitative estimate of drug-likeness (QED) is 0.589. The fraction of sp³-hybridized carbons (Fsp3) is 0.176. The zero-order valence-corrected chi connectivity index (χ0v) is 14.4. The van der Waals surface area contributed by atoms with E-state index >= 15 is 0 Å². The first-order valence-electron chi connectivity index (χ1n) is 7.00. The Labute approximate surface area is 144 Å². The Kier molecular flexibility index (Phi) is 4.45. The van der Waals surface area contributed by atoms with E-state index in [9.17, 15) is 13.2 Å². The van der Waals surface area contributed by atoms with Crippen molar-refractivity contribution >= 4 is 26.8 Å². The van der Waals surface area contributed by atoms with Gasteiger partial charge in [-0.3, -0.25) is 0 Å². The Balaban J connectivity index is 2.33. The summed E-state index contributed by atoms with van der Waals surface area (Å²) in [6.07, 6.45) is -2.92. The van der Waals surface area contributed by atoms with Crippen molar-refractivity contribution in [1.29, 1.82) is 0 Å². The predicted octanol–water partition coefficient (Wildman–Crippen LogP) is 5.45. The van der Waals surface area contributed by atoms with Crippen LogP contribution in [0.4, 0.5) is 13.2 Å². The third kappa shape index (κ3) is 2.96. The maximum Gasteiger partial charge on any atom is 0.266 e. The van der Waals surface area contributed by atoms with Gasteiger partial charge in [-0.2, -0.15) is 0 Å². The molecule has 0 spiro atoms. The summed E-state index contributed by atoms with van der Waals surface area (Å²) in [6, 6.07) is 7.44. The molecule has 0 saturated heterocycles. The van der Waals surface area contributed by atoms with Crippen LogP contribution in [-0.4, -0.2) is 17.1 Å². The van der Waals surface area contributed by atoms with Crippen LogP contribution >= 0.6 is 15.9 Å². The SMILES string of the molecule is COc1cc(C(F)F)c(F)cc1-c1nc(C)nc2cc(Br)ccc12. The summed E-state index contributed by atoms with van der Waals surface area (Å²) in [6.45, 7) is 1.71. The lowest BCUT2D eigenvalue weighted by Crippen LogP contribution is -1.99. The second kappa shape index (κ2) is 6.39. The third-order valence-corrected chi connectivity index (χ3v) is 4.07. The lowest BCUT2D eigenvalue weighted by atomic mass is 10.0. The maximum absolute atomic E-state index is 14.1. The van der Waals surface area contributed by atoms with E-state index < -0.39 is 17.8 Å². The summed E-state index contributed by atoms with van der Waals surface area (Å²) >= 11 is 3.37. The average molecular weight is 397 g/mol. The molecule has 0 saturated carbocycles. The molecule has 2 aromatic carbocycles. The van der Waals surface area contributed by atoms with Crippen LogP contribution in [0.5, 0.6) is 5.75 Å². The first-order valence-corrected chi connectivity index (χ1v) is 7.80. The van der Waals surface area contributed by atoms with Crippen molar-refractivity contribution < 1.29 is 17.9 Å². The van der Waals surface area contributed by atoms with Gasteiger partial charge in [-0.05, 0) is 37.3 Å². The smallest absolute Gasteiger partial charge is 0.266 e. The molecule has 24 heavy (non-hydrogen) atoms. The van der Waals surface area contributed by atoms with E-state index in [0.29, 0.717) is 28.0 Å². The molecule has 0 N–H and O–H groups in total. The number of nitrogens with zero attached hydrogens (tertiary/aromatic N) is 2. The zero-order chi connectivity index (χ0) is 17.4. The lowest BCUT2D eigenvalue weighted by molar-refractivity contribution is 0.146. The first-order chi connectivity index (χ1) is 11.4. The molecule has 0 bridgehead atoms. The molecule has 0 atom stereocenters. The van der Waals surface area contributed by atoms with Crippen LogP contribution in [0.1, 0.15) is 17.8 Å². The van der Waals surface area contributed by atoms with Crippen LogP contribution < -0.4 is 4.74 Å². The van der Waals surface area contributed by atoms with Crippen LogP contribution in [0, 0.1) is 12.7 Å². The molecule has 0 unspecified atom stereocenters. The van der Waals surface area contributed by atoms with Gasteiger partial charge in [-0.25, -0.2) is 23.1 Å². The summed E-state index contributed by atoms with van der Waals surface area (Å²) in [4.78, 5) is 8.72. The summed E-state index contributed by atoms with van der Waals surface area (Å²) < 4.78 is 45.9. The number of fused-ring (bicyclic) bond motifs is 1. The van der Waals surface area contributed by atoms with Gasteiger partial charge in [0.2, 0.25) is 0 Å². The van der Waals surface area contributed by atoms with E-state index in [2.05, 4.69) is 25.9 Å². The van der Waals surface area contributed by atoms with Crippen molar-refractivity contribution in [2.75, 3.05) is 7.11 Å². The lowest BCUT2D eigenvalue weighted by Gasteiger charge is -2.13. The molecule has 0 radical (unpaired) electrons. The highest BCUT2D eigenvalue weighted by atomic mass is 79.9. The number of hydrogen-bond donors (Lipinski definition) is 0. The van der Waals surface area contributed by atoms with Gasteiger partial charge in [0.1, 0.15) is 17.4 Å². The van der Waals surface area contributed by atoms with Crippen LogP contribution in [0.3, 0.4) is 0 Å². The molecule has 0 aliphatic carbocycles. The Bertz CT molecular complexity index is 926. The Hall–Kier alpha value is -2.15. The molecule has 124 valence electrons. The molecule has 0 amide bonds. The molecule has 1 aromatic heterocycles. The summed E-state index contributed by atoms with van der Waals surface area (Å²) in [5, 5.41) is 0.672. The summed E-state index contributed by atoms with van der Waals surface area (Å²) in [5.41, 5.74) is 0.694. The van der Waals surface area contributed by atoms with Gasteiger partial charge >= 0.3 is 0 Å². The summed E-state index contributed by atoms with van der Waals surface area (Å²) in [7, 11) is 1.35. The largest absolute Gasteiger partial charge is 0.496 e. The Morgan fingerprint density at radius 2 is 1.88 bits per heavy atom. The van der Waals surface area contributed by atoms with Crippen LogP contribution in [-0.2, 0) is 0 Å². The molecule has 3 nitrogen and oxygen atoms in total. The van der Waals surface area contributed by atoms with E-state index in [-0.39, 0.29) is 5.75 Å². The van der Waals surface area contributed by atoms with Crippen molar-refractivity contribution in [3.8, 4) is 17.0 Å². The molecule has 3 aromatic rings. The van der Waals surface area contributed by atoms with Gasteiger partial charge in [0, 0.05) is 15.4 Å². The van der Waals surface area contributed by atoms with Crippen molar-refractivity contribution in [1.82, 2.24) is 9.97 Å². The minimum atomic E-state index is -2.92. The predicted molar refractivity (Wildman–Crippen MR) is 88.9 cm³/mol.